The highest BCUT2D eigenvalue weighted by Gasteiger charge is 2.44. The van der Waals surface area contributed by atoms with Crippen LogP contribution in [0.1, 0.15) is 31.4 Å². The molecule has 0 radical (unpaired) electrons. The molecule has 0 amide bonds. The summed E-state index contributed by atoms with van der Waals surface area (Å²) >= 11 is 14.7. The summed E-state index contributed by atoms with van der Waals surface area (Å²) in [4.78, 5) is 11.2. The number of nitrogens with zero attached hydrogens (tertiary/aromatic N) is 4. The number of H-pyrrole nitrogens is 1. The minimum absolute atomic E-state index is 0.339. The first-order valence-corrected chi connectivity index (χ1v) is 13.7. The second-order valence-electron chi connectivity index (χ2n) is 9.43. The molecule has 3 aromatic heterocycles. The van der Waals surface area contributed by atoms with Gasteiger partial charge in [-0.3, -0.25) is 10.1 Å². The lowest BCUT2D eigenvalue weighted by molar-refractivity contribution is 0.192. The van der Waals surface area contributed by atoms with Crippen LogP contribution in [0.25, 0.3) is 22.2 Å². The number of thioether (sulfide) groups is 1. The summed E-state index contributed by atoms with van der Waals surface area (Å²) in [5.74, 6) is 4.33. The number of ether oxygens (including phenoxy) is 1. The van der Waals surface area contributed by atoms with E-state index in [9.17, 15) is 0 Å². The molecule has 1 atom stereocenters. The number of pyridine rings is 2. The van der Waals surface area contributed by atoms with Crippen LogP contribution in [0.3, 0.4) is 0 Å². The Morgan fingerprint density at radius 3 is 2.54 bits per heavy atom. The van der Waals surface area contributed by atoms with Gasteiger partial charge in [0, 0.05) is 53.6 Å². The van der Waals surface area contributed by atoms with Gasteiger partial charge in [-0.1, -0.05) is 23.2 Å². The monoisotopic (exact) mass is 525 g/mol. The average Bonchev–Trinajstić information content (AvgIpc) is 3.26. The summed E-state index contributed by atoms with van der Waals surface area (Å²) in [5.41, 5.74) is 3.98. The molecule has 2 fully saturated rings. The number of hydrogen-bond donors (Lipinski definition) is 1. The Hall–Kier alpha value is -2.48. The predicted octanol–water partition coefficient (Wildman–Crippen LogP) is 6.80. The van der Waals surface area contributed by atoms with Crippen LogP contribution in [-0.2, 0) is 0 Å². The summed E-state index contributed by atoms with van der Waals surface area (Å²) in [7, 11) is 0. The molecular formula is C26H25Cl2N5OS. The third kappa shape index (κ3) is 4.34. The fourth-order valence-electron chi connectivity index (χ4n) is 5.12. The number of hydrogen-bond acceptors (Lipinski definition) is 6. The number of aromatic nitrogens is 4. The van der Waals surface area contributed by atoms with E-state index in [-0.39, 0.29) is 6.10 Å². The molecule has 6 rings (SSSR count). The van der Waals surface area contributed by atoms with Crippen molar-refractivity contribution in [1.29, 1.82) is 0 Å². The molecule has 2 aliphatic rings. The Balaban J connectivity index is 1.21. The lowest BCUT2D eigenvalue weighted by Crippen LogP contribution is -2.58. The van der Waals surface area contributed by atoms with Crippen molar-refractivity contribution >= 4 is 51.7 Å². The lowest BCUT2D eigenvalue weighted by Gasteiger charge is -2.52. The van der Waals surface area contributed by atoms with Crippen molar-refractivity contribution in [1.82, 2.24) is 20.2 Å². The number of aromatic amines is 1. The molecule has 2 saturated heterocycles. The Labute approximate surface area is 218 Å². The fraction of sp³-hybridized carbons (Fsp3) is 0.346. The van der Waals surface area contributed by atoms with Crippen LogP contribution < -0.4 is 9.64 Å². The van der Waals surface area contributed by atoms with Crippen molar-refractivity contribution in [3.8, 4) is 17.0 Å². The van der Waals surface area contributed by atoms with E-state index in [0.29, 0.717) is 21.2 Å². The van der Waals surface area contributed by atoms with Gasteiger partial charge in [-0.25, -0.2) is 4.98 Å². The topological polar surface area (TPSA) is 66.9 Å². The average molecular weight is 526 g/mol. The molecule has 0 aliphatic carbocycles. The SMILES string of the molecule is C[C@@H](Oc1ccc2[nH]nc(-c3ccc(N4CC5(CCSCC5)C4)nc3)c2c1)c1c(Cl)cncc1Cl. The Kier molecular flexibility index (Phi) is 6.03. The predicted molar refractivity (Wildman–Crippen MR) is 144 cm³/mol. The number of anilines is 1. The highest BCUT2D eigenvalue weighted by Crippen LogP contribution is 2.44. The standard InChI is InChI=1S/C26H25Cl2N5OS/c1-16(24-20(27)12-29-13-21(24)28)34-18-3-4-22-19(10-18)25(32-31-22)17-2-5-23(30-11-17)33-14-26(15-33)6-8-35-9-7-26/h2-5,10-13,16H,6-9,14-15H2,1H3,(H,31,32)/t16-/m1/s1. The molecule has 5 heterocycles. The van der Waals surface area contributed by atoms with Crippen LogP contribution in [0.5, 0.6) is 5.75 Å². The van der Waals surface area contributed by atoms with Crippen molar-refractivity contribution in [2.45, 2.75) is 25.9 Å². The van der Waals surface area contributed by atoms with E-state index in [1.165, 1.54) is 24.3 Å². The van der Waals surface area contributed by atoms with Crippen molar-refractivity contribution in [3.63, 3.8) is 0 Å². The zero-order valence-corrected chi connectivity index (χ0v) is 21.6. The van der Waals surface area contributed by atoms with E-state index in [0.717, 1.165) is 46.6 Å². The van der Waals surface area contributed by atoms with Crippen LogP contribution in [0, 0.1) is 5.41 Å². The van der Waals surface area contributed by atoms with Crippen molar-refractivity contribution in [3.05, 3.63) is 64.5 Å². The molecule has 1 N–H and O–H groups in total. The maximum absolute atomic E-state index is 6.31. The summed E-state index contributed by atoms with van der Waals surface area (Å²) in [6, 6.07) is 10.1. The van der Waals surface area contributed by atoms with Gasteiger partial charge in [-0.05, 0) is 61.6 Å². The van der Waals surface area contributed by atoms with E-state index in [4.69, 9.17) is 32.9 Å². The molecule has 9 heteroatoms. The smallest absolute Gasteiger partial charge is 0.128 e. The van der Waals surface area contributed by atoms with Gasteiger partial charge >= 0.3 is 0 Å². The first kappa shape index (κ1) is 23.0. The van der Waals surface area contributed by atoms with E-state index < -0.39 is 0 Å². The second kappa shape index (κ2) is 9.19. The van der Waals surface area contributed by atoms with Crippen molar-refractivity contribution in [2.24, 2.45) is 5.41 Å². The van der Waals surface area contributed by atoms with E-state index in [2.05, 4.69) is 44.0 Å². The van der Waals surface area contributed by atoms with Gasteiger partial charge in [0.15, 0.2) is 0 Å². The number of rotatable bonds is 5. The van der Waals surface area contributed by atoms with Crippen LogP contribution in [0.15, 0.2) is 48.9 Å². The Bertz CT molecular complexity index is 1340. The Morgan fingerprint density at radius 1 is 1.06 bits per heavy atom. The zero-order valence-electron chi connectivity index (χ0n) is 19.3. The van der Waals surface area contributed by atoms with Crippen molar-refractivity contribution in [2.75, 3.05) is 29.5 Å². The van der Waals surface area contributed by atoms with Gasteiger partial charge in [-0.2, -0.15) is 16.9 Å². The minimum atomic E-state index is -0.339. The molecule has 1 spiro atoms. The third-order valence-electron chi connectivity index (χ3n) is 7.10. The molecule has 35 heavy (non-hydrogen) atoms. The van der Waals surface area contributed by atoms with Crippen molar-refractivity contribution < 1.29 is 4.74 Å². The summed E-state index contributed by atoms with van der Waals surface area (Å²) in [6.07, 6.45) is 7.38. The molecule has 6 nitrogen and oxygen atoms in total. The maximum atomic E-state index is 6.31. The number of fused-ring (bicyclic) bond motifs is 1. The highest BCUT2D eigenvalue weighted by atomic mass is 35.5. The minimum Gasteiger partial charge on any atom is -0.486 e. The first-order chi connectivity index (χ1) is 17.0. The number of nitrogens with one attached hydrogen (secondary N) is 1. The first-order valence-electron chi connectivity index (χ1n) is 11.7. The molecule has 0 saturated carbocycles. The second-order valence-corrected chi connectivity index (χ2v) is 11.5. The molecule has 0 bridgehead atoms. The quantitative estimate of drug-likeness (QED) is 0.309. The van der Waals surface area contributed by atoms with Gasteiger partial charge in [0.05, 0.1) is 15.6 Å². The molecular weight excluding hydrogens is 501 g/mol. The van der Waals surface area contributed by atoms with E-state index in [1.807, 2.05) is 31.3 Å². The molecule has 4 aromatic rings. The van der Waals surface area contributed by atoms with Crippen LogP contribution >= 0.6 is 35.0 Å². The largest absolute Gasteiger partial charge is 0.486 e. The molecule has 0 unspecified atom stereocenters. The zero-order chi connectivity index (χ0) is 24.0. The molecule has 1 aromatic carbocycles. The normalized spacial score (nSPS) is 18.0. The summed E-state index contributed by atoms with van der Waals surface area (Å²) in [5, 5.41) is 9.62. The number of benzene rings is 1. The maximum Gasteiger partial charge on any atom is 0.128 e. The lowest BCUT2D eigenvalue weighted by atomic mass is 9.75. The van der Waals surface area contributed by atoms with Gasteiger partial charge < -0.3 is 9.64 Å². The van der Waals surface area contributed by atoms with E-state index in [1.54, 1.807) is 12.4 Å². The van der Waals surface area contributed by atoms with Gasteiger partial charge in [0.25, 0.3) is 0 Å². The Morgan fingerprint density at radius 2 is 1.83 bits per heavy atom. The summed E-state index contributed by atoms with van der Waals surface area (Å²) in [6.45, 7) is 4.16. The fourth-order valence-corrected chi connectivity index (χ4v) is 7.15. The van der Waals surface area contributed by atoms with Crippen LogP contribution in [0.4, 0.5) is 5.82 Å². The van der Waals surface area contributed by atoms with Crippen LogP contribution in [-0.4, -0.2) is 44.8 Å². The number of halogens is 2. The van der Waals surface area contributed by atoms with Gasteiger partial charge in [0.1, 0.15) is 23.4 Å². The van der Waals surface area contributed by atoms with Gasteiger partial charge in [-0.15, -0.1) is 0 Å². The molecule has 180 valence electrons. The van der Waals surface area contributed by atoms with Gasteiger partial charge in [0.2, 0.25) is 0 Å². The third-order valence-corrected chi connectivity index (χ3v) is 8.68. The highest BCUT2D eigenvalue weighted by molar-refractivity contribution is 7.99. The summed E-state index contributed by atoms with van der Waals surface area (Å²) < 4.78 is 6.20. The van der Waals surface area contributed by atoms with E-state index >= 15 is 0 Å². The van der Waals surface area contributed by atoms with Crippen LogP contribution in [0.2, 0.25) is 10.0 Å². The molecule has 2 aliphatic heterocycles.